The van der Waals surface area contributed by atoms with E-state index in [4.69, 9.17) is 16.2 Å². The van der Waals surface area contributed by atoms with Crippen molar-refractivity contribution in [3.05, 3.63) is 90.5 Å². The maximum Gasteiger partial charge on any atom is 0.340 e. The van der Waals surface area contributed by atoms with E-state index in [1.807, 2.05) is 0 Å². The number of nitrogens with two attached hydrogens (primary N) is 2. The van der Waals surface area contributed by atoms with E-state index in [1.54, 1.807) is 30.3 Å². The number of nitrogen functional groups attached to an aromatic ring is 2. The van der Waals surface area contributed by atoms with Crippen molar-refractivity contribution in [2.45, 2.75) is 21.6 Å². The van der Waals surface area contributed by atoms with Crippen LogP contribution in [0.15, 0.2) is 141 Å². The highest BCUT2D eigenvalue weighted by molar-refractivity contribution is 7.86. The van der Waals surface area contributed by atoms with Gasteiger partial charge in [-0.05, 0) is 48.5 Å². The van der Waals surface area contributed by atoms with Gasteiger partial charge >= 0.3 is 5.97 Å². The maximum atomic E-state index is 12.9. The second kappa shape index (κ2) is 18.1. The molecule has 0 saturated heterocycles. The Morgan fingerprint density at radius 2 is 1.20 bits per heavy atom. The van der Waals surface area contributed by atoms with Crippen LogP contribution in [0.4, 0.5) is 62.6 Å². The van der Waals surface area contributed by atoms with Gasteiger partial charge in [0.1, 0.15) is 60.9 Å². The first kappa shape index (κ1) is 43.9. The largest absolute Gasteiger partial charge is 0.494 e. The summed E-state index contributed by atoms with van der Waals surface area (Å²) in [6, 6.07) is 18.2. The van der Waals surface area contributed by atoms with Crippen LogP contribution < -0.4 is 21.5 Å². The molecule has 0 fully saturated rings. The number of aromatic carboxylic acids is 1. The van der Waals surface area contributed by atoms with Crippen LogP contribution in [0.5, 0.6) is 5.75 Å². The molecule has 5 aromatic rings. The Hall–Kier alpha value is -7.23. The minimum Gasteiger partial charge on any atom is -0.494 e. The summed E-state index contributed by atoms with van der Waals surface area (Å²) in [6.45, 7) is 1.14. The average Bonchev–Trinajstić information content (AvgIpc) is 3.18. The van der Waals surface area contributed by atoms with Crippen LogP contribution in [0.1, 0.15) is 17.3 Å². The van der Waals surface area contributed by atoms with Crippen molar-refractivity contribution in [3.8, 4) is 5.75 Å². The minimum atomic E-state index is -4.98. The molecule has 0 aliphatic heterocycles. The highest BCUT2D eigenvalue weighted by Crippen LogP contribution is 2.50. The summed E-state index contributed by atoms with van der Waals surface area (Å²) in [5.41, 5.74) is 8.43. The number of hydrogen-bond donors (Lipinski definition) is 7. The van der Waals surface area contributed by atoms with Crippen LogP contribution in [-0.4, -0.2) is 58.8 Å². The number of methoxy groups -OCH3 is 1. The maximum absolute atomic E-state index is 12.9. The summed E-state index contributed by atoms with van der Waals surface area (Å²) in [5, 5.41) is 44.9. The summed E-state index contributed by atoms with van der Waals surface area (Å²) in [4.78, 5) is 23.2. The number of anilines is 3. The van der Waals surface area contributed by atoms with Gasteiger partial charge in [-0.3, -0.25) is 13.9 Å². The Labute approximate surface area is 341 Å². The Morgan fingerprint density at radius 1 is 0.667 bits per heavy atom. The van der Waals surface area contributed by atoms with Gasteiger partial charge in [-0.25, -0.2) is 9.00 Å². The molecule has 1 amide bonds. The van der Waals surface area contributed by atoms with Crippen LogP contribution in [0, 0.1) is 0 Å². The van der Waals surface area contributed by atoms with Gasteiger partial charge in [0.15, 0.2) is 11.1 Å². The Kier molecular flexibility index (Phi) is 13.3. The van der Waals surface area contributed by atoms with E-state index in [9.17, 15) is 49.4 Å². The number of rotatable bonds is 14. The lowest BCUT2D eigenvalue weighted by molar-refractivity contribution is -0.114. The zero-order valence-electron chi connectivity index (χ0n) is 30.6. The summed E-state index contributed by atoms with van der Waals surface area (Å²) in [5.74, 6) is -2.49. The molecule has 0 heterocycles. The number of benzene rings is 5. The molecule has 9 N–H and O–H groups in total. The molecule has 23 nitrogen and oxygen atoms in total. The van der Waals surface area contributed by atoms with Gasteiger partial charge in [0.05, 0.1) is 34.8 Å². The molecule has 0 aliphatic carbocycles. The number of nitrogens with one attached hydrogen (secondary N) is 1. The molecule has 5 rings (SSSR count). The Morgan fingerprint density at radius 3 is 1.77 bits per heavy atom. The Bertz CT molecular complexity index is 2910. The van der Waals surface area contributed by atoms with Crippen molar-refractivity contribution in [1.82, 2.24) is 0 Å². The molecule has 1 atom stereocenters. The van der Waals surface area contributed by atoms with Crippen LogP contribution in [0.25, 0.3) is 0 Å². The summed E-state index contributed by atoms with van der Waals surface area (Å²) in [6.07, 6.45) is 0. The van der Waals surface area contributed by atoms with Crippen molar-refractivity contribution in [2.75, 3.05) is 23.9 Å². The SMILES string of the molecule is COc1cc(N=Nc2ccc(S(=O)O)cc2S(=O)(=O)O)c(NC(C)=O)cc1N=Nc1c(N)c(N=Nc2ccccc2)c(N)c(N=Nc2ccccc2S(=O)(=O)O)c1C(=O)O. The number of carboxylic acids is 1. The highest BCUT2D eigenvalue weighted by atomic mass is 32.2. The third-order valence-electron chi connectivity index (χ3n) is 7.67. The van der Waals surface area contributed by atoms with Crippen molar-refractivity contribution in [1.29, 1.82) is 0 Å². The number of hydrogen-bond acceptors (Lipinski definition) is 18. The third kappa shape index (κ3) is 10.2. The van der Waals surface area contributed by atoms with Gasteiger partial charge in [-0.2, -0.15) is 21.9 Å². The van der Waals surface area contributed by atoms with E-state index in [2.05, 4.69) is 46.2 Å². The second-order valence-electron chi connectivity index (χ2n) is 11.7. The first-order valence-electron chi connectivity index (χ1n) is 16.3. The lowest BCUT2D eigenvalue weighted by Crippen LogP contribution is -2.06. The molecule has 0 saturated carbocycles. The fourth-order valence-corrected chi connectivity index (χ4v) is 6.76. The number of carboxylic acid groups (broad SMARTS) is 1. The van der Waals surface area contributed by atoms with Crippen molar-refractivity contribution < 1.29 is 54.1 Å². The number of ether oxygens (including phenoxy) is 1. The number of azo groups is 4. The number of carbonyl (C=O) groups excluding carboxylic acids is 1. The normalized spacial score (nSPS) is 12.8. The lowest BCUT2D eigenvalue weighted by Gasteiger charge is -2.14. The second-order valence-corrected chi connectivity index (χ2v) is 15.5. The molecule has 1 unspecified atom stereocenters. The molecular formula is C34H29N11O12S3. The van der Waals surface area contributed by atoms with Crippen LogP contribution in [-0.2, 0) is 36.1 Å². The van der Waals surface area contributed by atoms with Gasteiger partial charge in [-0.1, -0.05) is 30.3 Å². The molecule has 26 heteroatoms. The Balaban J connectivity index is 1.71. The molecule has 0 spiro atoms. The van der Waals surface area contributed by atoms with Gasteiger partial charge < -0.3 is 31.2 Å². The summed E-state index contributed by atoms with van der Waals surface area (Å²) < 4.78 is 93.9. The number of amides is 1. The van der Waals surface area contributed by atoms with Crippen molar-refractivity contribution in [3.63, 3.8) is 0 Å². The zero-order valence-corrected chi connectivity index (χ0v) is 33.0. The van der Waals surface area contributed by atoms with Crippen molar-refractivity contribution >= 4 is 106 Å². The van der Waals surface area contributed by atoms with E-state index in [1.165, 1.54) is 31.4 Å². The lowest BCUT2D eigenvalue weighted by atomic mass is 10.1. The van der Waals surface area contributed by atoms with E-state index in [0.29, 0.717) is 11.8 Å². The first-order chi connectivity index (χ1) is 28.3. The smallest absolute Gasteiger partial charge is 0.340 e. The summed E-state index contributed by atoms with van der Waals surface area (Å²) >= 11 is -2.61. The molecule has 310 valence electrons. The topological polar surface area (TPSA) is 373 Å². The van der Waals surface area contributed by atoms with E-state index >= 15 is 0 Å². The zero-order chi connectivity index (χ0) is 43.9. The predicted octanol–water partition coefficient (Wildman–Crippen LogP) is 8.25. The molecule has 0 aliphatic rings. The van der Waals surface area contributed by atoms with Crippen LogP contribution in [0.2, 0.25) is 0 Å². The van der Waals surface area contributed by atoms with Gasteiger partial charge in [0.2, 0.25) is 5.91 Å². The van der Waals surface area contributed by atoms with Crippen molar-refractivity contribution in [2.24, 2.45) is 40.9 Å². The third-order valence-corrected chi connectivity index (χ3v) is 10.1. The standard InChI is InChI=1S/C34H29N11O12S3/c1-17(46)37-22-15-24(25(57-2)16-23(22)41-39-21-13-12-19(58(49)50)14-27(21)60(54,55)56)42-44-32-28(34(47)48)31(43-40-20-10-6-7-11-26(20)59(51,52)53)29(35)33(30(32)36)45-38-18-8-4-3-5-9-18/h3-16H,35-36H2,1-2H3,(H,37,46)(H,47,48)(H,49,50)(H,51,52,53)(H,54,55,56). The fraction of sp³-hybridized carbons (Fsp3) is 0.0588. The van der Waals surface area contributed by atoms with E-state index in [0.717, 1.165) is 31.2 Å². The average molecular weight is 880 g/mol. The number of nitrogens with zero attached hydrogens (tertiary/aromatic N) is 8. The molecule has 5 aromatic carbocycles. The number of carbonyl (C=O) groups is 2. The van der Waals surface area contributed by atoms with Crippen LogP contribution >= 0.6 is 0 Å². The van der Waals surface area contributed by atoms with Crippen LogP contribution in [0.3, 0.4) is 0 Å². The molecule has 0 radical (unpaired) electrons. The summed E-state index contributed by atoms with van der Waals surface area (Å²) in [7, 11) is -8.60. The molecule has 0 aromatic heterocycles. The minimum absolute atomic E-state index is 0.129. The van der Waals surface area contributed by atoms with E-state index in [-0.39, 0.29) is 33.4 Å². The highest BCUT2D eigenvalue weighted by Gasteiger charge is 2.28. The predicted molar refractivity (Wildman–Crippen MR) is 214 cm³/mol. The van der Waals surface area contributed by atoms with Gasteiger partial charge in [0.25, 0.3) is 20.2 Å². The molecular weight excluding hydrogens is 851 g/mol. The molecule has 0 bridgehead atoms. The van der Waals surface area contributed by atoms with Gasteiger partial charge in [0, 0.05) is 13.0 Å². The fourth-order valence-electron chi connectivity index (χ4n) is 5.01. The monoisotopic (exact) mass is 879 g/mol. The van der Waals surface area contributed by atoms with E-state index < -0.39 is 92.7 Å². The van der Waals surface area contributed by atoms with Gasteiger partial charge in [-0.15, -0.1) is 35.8 Å². The first-order valence-corrected chi connectivity index (χ1v) is 20.3. The molecule has 60 heavy (non-hydrogen) atoms. The quantitative estimate of drug-likeness (QED) is 0.0239.